The fraction of sp³-hybridized carbons (Fsp3) is 0.250. The third kappa shape index (κ3) is 1.32. The maximum Gasteiger partial charge on any atom is 0.234 e. The van der Waals surface area contributed by atoms with Gasteiger partial charge in [0.05, 0.1) is 11.6 Å². The minimum absolute atomic E-state index is 0.642. The number of aromatic nitrogens is 2. The number of nitrogens with zero attached hydrogens (tertiary/aromatic N) is 2. The lowest BCUT2D eigenvalue weighted by Crippen LogP contribution is -1.87. The standard InChI is InChI=1S/C8H7BrN2OS/c1-4-5(9)6-7(13-4)8(12-2)11-3-10-6/h3H,1-2H3. The molecule has 0 saturated carbocycles. The van der Waals surface area contributed by atoms with Crippen LogP contribution in [0.3, 0.4) is 0 Å². The Hall–Kier alpha value is -0.680. The summed E-state index contributed by atoms with van der Waals surface area (Å²) in [7, 11) is 1.62. The van der Waals surface area contributed by atoms with Crippen molar-refractivity contribution in [2.45, 2.75) is 6.92 Å². The second-order valence-electron chi connectivity index (χ2n) is 2.53. The van der Waals surface area contributed by atoms with Gasteiger partial charge in [-0.3, -0.25) is 0 Å². The topological polar surface area (TPSA) is 35.0 Å². The summed E-state index contributed by atoms with van der Waals surface area (Å²) in [4.78, 5) is 9.41. The third-order valence-corrected chi connectivity index (χ3v) is 4.05. The Labute approximate surface area is 87.9 Å². The summed E-state index contributed by atoms with van der Waals surface area (Å²) in [6, 6.07) is 0. The van der Waals surface area contributed by atoms with Gasteiger partial charge < -0.3 is 4.74 Å². The minimum Gasteiger partial charge on any atom is -0.480 e. The quantitative estimate of drug-likeness (QED) is 0.789. The van der Waals surface area contributed by atoms with Gasteiger partial charge in [-0.15, -0.1) is 11.3 Å². The first-order valence-corrected chi connectivity index (χ1v) is 5.28. The lowest BCUT2D eigenvalue weighted by Gasteiger charge is -1.97. The lowest BCUT2D eigenvalue weighted by molar-refractivity contribution is 0.403. The highest BCUT2D eigenvalue weighted by atomic mass is 79.9. The number of halogens is 1. The molecule has 0 aliphatic carbocycles. The van der Waals surface area contributed by atoms with Gasteiger partial charge in [0.25, 0.3) is 0 Å². The van der Waals surface area contributed by atoms with Crippen molar-refractivity contribution in [3.63, 3.8) is 0 Å². The zero-order valence-corrected chi connectivity index (χ0v) is 9.57. The van der Waals surface area contributed by atoms with Gasteiger partial charge in [0.15, 0.2) is 0 Å². The lowest BCUT2D eigenvalue weighted by atomic mass is 10.4. The van der Waals surface area contributed by atoms with E-state index in [2.05, 4.69) is 25.9 Å². The van der Waals surface area contributed by atoms with Crippen molar-refractivity contribution in [1.29, 1.82) is 0 Å². The zero-order chi connectivity index (χ0) is 9.42. The van der Waals surface area contributed by atoms with Crippen LogP contribution in [0.4, 0.5) is 0 Å². The predicted octanol–water partition coefficient (Wildman–Crippen LogP) is 2.77. The SMILES string of the molecule is COc1ncnc2c(Br)c(C)sc12. The molecule has 2 aromatic rings. The second kappa shape index (κ2) is 3.23. The first-order valence-electron chi connectivity index (χ1n) is 3.67. The number of rotatable bonds is 1. The fourth-order valence-electron chi connectivity index (χ4n) is 1.12. The summed E-state index contributed by atoms with van der Waals surface area (Å²) in [5, 5.41) is 0. The molecule has 0 aliphatic heterocycles. The Balaban J connectivity index is 2.84. The average Bonchev–Trinajstić information content (AvgIpc) is 2.43. The van der Waals surface area contributed by atoms with Crippen LogP contribution < -0.4 is 4.74 Å². The Morgan fingerprint density at radius 2 is 2.23 bits per heavy atom. The van der Waals surface area contributed by atoms with E-state index in [4.69, 9.17) is 4.74 Å². The summed E-state index contributed by atoms with van der Waals surface area (Å²) in [6.45, 7) is 2.04. The number of ether oxygens (including phenoxy) is 1. The molecule has 13 heavy (non-hydrogen) atoms. The third-order valence-electron chi connectivity index (χ3n) is 1.74. The van der Waals surface area contributed by atoms with Crippen molar-refractivity contribution in [2.75, 3.05) is 7.11 Å². The summed E-state index contributed by atoms with van der Waals surface area (Å²) in [6.07, 6.45) is 1.51. The van der Waals surface area contributed by atoms with Crippen molar-refractivity contribution in [1.82, 2.24) is 9.97 Å². The molecule has 2 rings (SSSR count). The highest BCUT2D eigenvalue weighted by molar-refractivity contribution is 9.10. The molecule has 0 aliphatic rings. The molecule has 0 amide bonds. The first kappa shape index (κ1) is 8.90. The van der Waals surface area contributed by atoms with E-state index in [1.807, 2.05) is 6.92 Å². The average molecular weight is 259 g/mol. The highest BCUT2D eigenvalue weighted by Gasteiger charge is 2.12. The smallest absolute Gasteiger partial charge is 0.234 e. The van der Waals surface area contributed by atoms with E-state index in [1.165, 1.54) is 11.2 Å². The summed E-state index contributed by atoms with van der Waals surface area (Å²) in [5.41, 5.74) is 0.925. The number of hydrogen-bond donors (Lipinski definition) is 0. The fourth-order valence-corrected chi connectivity index (χ4v) is 2.76. The number of methoxy groups -OCH3 is 1. The number of fused-ring (bicyclic) bond motifs is 1. The Morgan fingerprint density at radius 1 is 1.46 bits per heavy atom. The molecule has 0 bridgehead atoms. The van der Waals surface area contributed by atoms with Crippen LogP contribution in [0.15, 0.2) is 10.8 Å². The van der Waals surface area contributed by atoms with Crippen LogP contribution in [0.25, 0.3) is 10.2 Å². The molecular formula is C8H7BrN2OS. The van der Waals surface area contributed by atoms with Gasteiger partial charge in [-0.1, -0.05) is 0 Å². The Morgan fingerprint density at radius 3 is 2.92 bits per heavy atom. The van der Waals surface area contributed by atoms with Crippen molar-refractivity contribution >= 4 is 37.5 Å². The highest BCUT2D eigenvalue weighted by Crippen LogP contribution is 2.37. The summed E-state index contributed by atoms with van der Waals surface area (Å²) < 4.78 is 7.16. The normalized spacial score (nSPS) is 10.7. The van der Waals surface area contributed by atoms with Gasteiger partial charge in [0.2, 0.25) is 5.88 Å². The molecule has 0 radical (unpaired) electrons. The maximum absolute atomic E-state index is 5.13. The second-order valence-corrected chi connectivity index (χ2v) is 4.55. The summed E-state index contributed by atoms with van der Waals surface area (Å²) >= 11 is 5.11. The zero-order valence-electron chi connectivity index (χ0n) is 7.17. The van der Waals surface area contributed by atoms with Gasteiger partial charge in [-0.05, 0) is 22.9 Å². The Bertz CT molecular complexity index is 455. The largest absolute Gasteiger partial charge is 0.480 e. The van der Waals surface area contributed by atoms with Crippen molar-refractivity contribution in [3.05, 3.63) is 15.7 Å². The molecule has 0 fully saturated rings. The molecule has 0 spiro atoms. The number of hydrogen-bond acceptors (Lipinski definition) is 4. The molecule has 3 nitrogen and oxygen atoms in total. The number of thiophene rings is 1. The van der Waals surface area contributed by atoms with Crippen molar-refractivity contribution in [3.8, 4) is 5.88 Å². The van der Waals surface area contributed by atoms with Gasteiger partial charge in [-0.2, -0.15) is 0 Å². The van der Waals surface area contributed by atoms with Crippen molar-refractivity contribution < 1.29 is 4.74 Å². The van der Waals surface area contributed by atoms with Gasteiger partial charge in [-0.25, -0.2) is 9.97 Å². The van der Waals surface area contributed by atoms with Crippen LogP contribution in [-0.2, 0) is 0 Å². The van der Waals surface area contributed by atoms with E-state index in [1.54, 1.807) is 18.4 Å². The molecule has 0 aromatic carbocycles. The van der Waals surface area contributed by atoms with Crippen molar-refractivity contribution in [2.24, 2.45) is 0 Å². The van der Waals surface area contributed by atoms with Crippen LogP contribution in [0.1, 0.15) is 4.88 Å². The van der Waals surface area contributed by atoms with E-state index in [0.717, 1.165) is 14.7 Å². The van der Waals surface area contributed by atoms with Crippen LogP contribution in [0, 0.1) is 6.92 Å². The maximum atomic E-state index is 5.13. The van der Waals surface area contributed by atoms with E-state index in [-0.39, 0.29) is 0 Å². The molecule has 0 unspecified atom stereocenters. The van der Waals surface area contributed by atoms with Crippen LogP contribution >= 0.6 is 27.3 Å². The molecule has 0 N–H and O–H groups in total. The minimum atomic E-state index is 0.642. The van der Waals surface area contributed by atoms with Gasteiger partial charge >= 0.3 is 0 Å². The van der Waals surface area contributed by atoms with Crippen LogP contribution in [-0.4, -0.2) is 17.1 Å². The molecule has 2 aromatic heterocycles. The van der Waals surface area contributed by atoms with Crippen LogP contribution in [0.2, 0.25) is 0 Å². The van der Waals surface area contributed by atoms with E-state index in [9.17, 15) is 0 Å². The van der Waals surface area contributed by atoms with E-state index >= 15 is 0 Å². The number of aryl methyl sites for hydroxylation is 1. The van der Waals surface area contributed by atoms with Gasteiger partial charge in [0, 0.05) is 4.88 Å². The van der Waals surface area contributed by atoms with Gasteiger partial charge in [0.1, 0.15) is 16.5 Å². The Kier molecular flexibility index (Phi) is 2.21. The molecular weight excluding hydrogens is 252 g/mol. The van der Waals surface area contributed by atoms with E-state index in [0.29, 0.717) is 5.88 Å². The van der Waals surface area contributed by atoms with Crippen LogP contribution in [0.5, 0.6) is 5.88 Å². The molecule has 0 atom stereocenters. The monoisotopic (exact) mass is 258 g/mol. The molecule has 0 saturated heterocycles. The van der Waals surface area contributed by atoms with E-state index < -0.39 is 0 Å². The molecule has 68 valence electrons. The molecule has 5 heteroatoms. The summed E-state index contributed by atoms with van der Waals surface area (Å²) in [5.74, 6) is 0.642. The predicted molar refractivity (Wildman–Crippen MR) is 56.4 cm³/mol. The molecule has 2 heterocycles. The first-order chi connectivity index (χ1) is 6.24.